The molecule has 126 valence electrons. The van der Waals surface area contributed by atoms with Crippen LogP contribution in [0.1, 0.15) is 32.8 Å². The van der Waals surface area contributed by atoms with Crippen molar-refractivity contribution in [1.82, 2.24) is 4.90 Å². The van der Waals surface area contributed by atoms with Gasteiger partial charge in [0.05, 0.1) is 12.0 Å². The zero-order chi connectivity index (χ0) is 17.4. The Labute approximate surface area is 135 Å². The summed E-state index contributed by atoms with van der Waals surface area (Å²) >= 11 is 0. The summed E-state index contributed by atoms with van der Waals surface area (Å²) in [6.07, 6.45) is -0.516. The number of carboxylic acid groups (broad SMARTS) is 1. The molecule has 0 bridgehead atoms. The van der Waals surface area contributed by atoms with Gasteiger partial charge in [0.1, 0.15) is 5.82 Å². The number of amides is 2. The lowest BCUT2D eigenvalue weighted by Gasteiger charge is -2.36. The van der Waals surface area contributed by atoms with E-state index in [0.29, 0.717) is 24.2 Å². The maximum absolute atomic E-state index is 13.3. The highest BCUT2D eigenvalue weighted by molar-refractivity contribution is 5.93. The molecule has 5 nitrogen and oxygen atoms in total. The molecule has 6 heteroatoms. The maximum atomic E-state index is 13.3. The van der Waals surface area contributed by atoms with Gasteiger partial charge in [-0.05, 0) is 42.5 Å². The van der Waals surface area contributed by atoms with Gasteiger partial charge in [-0.1, -0.05) is 20.8 Å². The molecule has 1 aromatic rings. The maximum Gasteiger partial charge on any atom is 0.407 e. The number of carbonyl (C=O) groups excluding carboxylic acids is 1. The summed E-state index contributed by atoms with van der Waals surface area (Å²) in [5.74, 6) is -0.968. The van der Waals surface area contributed by atoms with Crippen LogP contribution in [0, 0.1) is 24.1 Å². The molecule has 0 radical (unpaired) electrons. The van der Waals surface area contributed by atoms with Gasteiger partial charge in [-0.15, -0.1) is 0 Å². The molecule has 0 spiro atoms. The summed E-state index contributed by atoms with van der Waals surface area (Å²) in [6.45, 7) is 7.77. The molecule has 1 aromatic carbocycles. The summed E-state index contributed by atoms with van der Waals surface area (Å²) in [6, 6.07) is 4.01. The van der Waals surface area contributed by atoms with Crippen LogP contribution in [0.25, 0.3) is 0 Å². The Morgan fingerprint density at radius 1 is 1.35 bits per heavy atom. The smallest absolute Gasteiger partial charge is 0.407 e. The van der Waals surface area contributed by atoms with Crippen LogP contribution in [0.4, 0.5) is 14.9 Å². The minimum Gasteiger partial charge on any atom is -0.465 e. The lowest BCUT2D eigenvalue weighted by Crippen LogP contribution is -2.48. The fourth-order valence-electron chi connectivity index (χ4n) is 3.31. The molecular weight excluding hydrogens is 299 g/mol. The number of benzene rings is 1. The van der Waals surface area contributed by atoms with E-state index in [2.05, 4.69) is 5.32 Å². The Morgan fingerprint density at radius 2 is 2.00 bits per heavy atom. The van der Waals surface area contributed by atoms with Crippen molar-refractivity contribution in [3.05, 3.63) is 29.6 Å². The van der Waals surface area contributed by atoms with Crippen LogP contribution in [-0.4, -0.2) is 34.6 Å². The van der Waals surface area contributed by atoms with Crippen LogP contribution < -0.4 is 5.32 Å². The molecule has 2 rings (SSSR count). The molecule has 0 aromatic heterocycles. The number of nitrogens with zero attached hydrogens (tertiary/aromatic N) is 1. The third-order valence-corrected chi connectivity index (χ3v) is 4.29. The van der Waals surface area contributed by atoms with E-state index in [0.717, 1.165) is 0 Å². The summed E-state index contributed by atoms with van der Waals surface area (Å²) in [5, 5.41) is 12.1. The molecule has 1 heterocycles. The number of likely N-dealkylation sites (tertiary alicyclic amines) is 1. The fraction of sp³-hybridized carbons (Fsp3) is 0.529. The number of halogens is 1. The van der Waals surface area contributed by atoms with Crippen molar-refractivity contribution in [3.8, 4) is 0 Å². The summed E-state index contributed by atoms with van der Waals surface area (Å²) in [7, 11) is 0. The zero-order valence-electron chi connectivity index (χ0n) is 13.9. The number of aryl methyl sites for hydroxylation is 1. The van der Waals surface area contributed by atoms with Crippen LogP contribution in [0.15, 0.2) is 18.2 Å². The highest BCUT2D eigenvalue weighted by Crippen LogP contribution is 2.37. The van der Waals surface area contributed by atoms with E-state index in [4.69, 9.17) is 0 Å². The Morgan fingerprint density at radius 3 is 2.52 bits per heavy atom. The van der Waals surface area contributed by atoms with E-state index in [1.807, 2.05) is 20.8 Å². The first-order valence-electron chi connectivity index (χ1n) is 7.68. The van der Waals surface area contributed by atoms with Gasteiger partial charge < -0.3 is 15.3 Å². The largest absolute Gasteiger partial charge is 0.465 e. The SMILES string of the molecule is Cc1cc(NC(=O)C2CCN(C(=O)O)C2C(C)(C)C)ccc1F. The number of carbonyl (C=O) groups is 2. The molecule has 0 saturated carbocycles. The second kappa shape index (κ2) is 6.18. The molecule has 2 atom stereocenters. The molecule has 1 aliphatic heterocycles. The Balaban J connectivity index is 2.20. The van der Waals surface area contributed by atoms with Gasteiger partial charge in [-0.3, -0.25) is 4.79 Å². The van der Waals surface area contributed by atoms with Crippen molar-refractivity contribution >= 4 is 17.7 Å². The lowest BCUT2D eigenvalue weighted by molar-refractivity contribution is -0.121. The Bertz CT molecular complexity index is 625. The van der Waals surface area contributed by atoms with E-state index in [1.165, 1.54) is 17.0 Å². The van der Waals surface area contributed by atoms with E-state index in [9.17, 15) is 19.1 Å². The first kappa shape index (κ1) is 17.2. The van der Waals surface area contributed by atoms with Crippen LogP contribution in [0.3, 0.4) is 0 Å². The molecule has 1 fully saturated rings. The van der Waals surface area contributed by atoms with E-state index in [1.54, 1.807) is 13.0 Å². The van der Waals surface area contributed by atoms with Gasteiger partial charge in [0.25, 0.3) is 0 Å². The predicted octanol–water partition coefficient (Wildman–Crippen LogP) is 3.49. The molecule has 23 heavy (non-hydrogen) atoms. The topological polar surface area (TPSA) is 69.6 Å². The average molecular weight is 322 g/mol. The highest BCUT2D eigenvalue weighted by Gasteiger charge is 2.47. The standard InChI is InChI=1S/C17H23FN2O3/c1-10-9-11(5-6-13(10)18)19-15(21)12-7-8-20(16(22)23)14(12)17(2,3)4/h5-6,9,12,14H,7-8H2,1-4H3,(H,19,21)(H,22,23). The molecule has 2 amide bonds. The minimum atomic E-state index is -1.00. The van der Waals surface area contributed by atoms with Gasteiger partial charge in [0.2, 0.25) is 5.91 Å². The van der Waals surface area contributed by atoms with Gasteiger partial charge in [-0.2, -0.15) is 0 Å². The molecule has 0 aliphatic carbocycles. The van der Waals surface area contributed by atoms with Crippen LogP contribution in [-0.2, 0) is 4.79 Å². The van der Waals surface area contributed by atoms with Crippen molar-refractivity contribution in [2.75, 3.05) is 11.9 Å². The molecule has 1 aliphatic rings. The number of rotatable bonds is 2. The van der Waals surface area contributed by atoms with Crippen molar-refractivity contribution in [2.24, 2.45) is 11.3 Å². The van der Waals surface area contributed by atoms with E-state index >= 15 is 0 Å². The third-order valence-electron chi connectivity index (χ3n) is 4.29. The van der Waals surface area contributed by atoms with Gasteiger partial charge >= 0.3 is 6.09 Å². The summed E-state index contributed by atoms with van der Waals surface area (Å²) in [4.78, 5) is 25.4. The normalized spacial score (nSPS) is 21.3. The van der Waals surface area contributed by atoms with Gasteiger partial charge in [-0.25, -0.2) is 9.18 Å². The van der Waals surface area contributed by atoms with E-state index in [-0.39, 0.29) is 23.2 Å². The highest BCUT2D eigenvalue weighted by atomic mass is 19.1. The molecule has 2 unspecified atom stereocenters. The predicted molar refractivity (Wildman–Crippen MR) is 85.8 cm³/mol. The zero-order valence-corrected chi connectivity index (χ0v) is 13.9. The van der Waals surface area contributed by atoms with Crippen LogP contribution in [0.5, 0.6) is 0 Å². The third kappa shape index (κ3) is 3.63. The summed E-state index contributed by atoms with van der Waals surface area (Å²) in [5.41, 5.74) is 0.624. The number of hydrogen-bond acceptors (Lipinski definition) is 2. The quantitative estimate of drug-likeness (QED) is 0.875. The average Bonchev–Trinajstić information content (AvgIpc) is 2.88. The van der Waals surface area contributed by atoms with E-state index < -0.39 is 12.0 Å². The molecule has 2 N–H and O–H groups in total. The van der Waals surface area contributed by atoms with Crippen molar-refractivity contribution in [1.29, 1.82) is 0 Å². The number of nitrogens with one attached hydrogen (secondary N) is 1. The minimum absolute atomic E-state index is 0.223. The number of hydrogen-bond donors (Lipinski definition) is 2. The van der Waals surface area contributed by atoms with Crippen LogP contribution >= 0.6 is 0 Å². The van der Waals surface area contributed by atoms with Crippen molar-refractivity contribution < 1.29 is 19.1 Å². The number of anilines is 1. The Kier molecular flexibility index (Phi) is 4.63. The monoisotopic (exact) mass is 322 g/mol. The fourth-order valence-corrected chi connectivity index (χ4v) is 3.31. The second-order valence-corrected chi connectivity index (χ2v) is 7.14. The Hall–Kier alpha value is -2.11. The van der Waals surface area contributed by atoms with Crippen LogP contribution in [0.2, 0.25) is 0 Å². The summed E-state index contributed by atoms with van der Waals surface area (Å²) < 4.78 is 13.3. The first-order chi connectivity index (χ1) is 10.6. The van der Waals surface area contributed by atoms with Crippen molar-refractivity contribution in [3.63, 3.8) is 0 Å². The van der Waals surface area contributed by atoms with Gasteiger partial charge in [0.15, 0.2) is 0 Å². The first-order valence-corrected chi connectivity index (χ1v) is 7.68. The lowest BCUT2D eigenvalue weighted by atomic mass is 9.79. The second-order valence-electron chi connectivity index (χ2n) is 7.14. The molecular formula is C17H23FN2O3. The van der Waals surface area contributed by atoms with Gasteiger partial charge in [0, 0.05) is 12.2 Å². The van der Waals surface area contributed by atoms with Crippen molar-refractivity contribution in [2.45, 2.75) is 40.2 Å². The molecule has 1 saturated heterocycles.